The minimum absolute atomic E-state index is 0.215. The van der Waals surface area contributed by atoms with Gasteiger partial charge in [0.15, 0.2) is 0 Å². The zero-order valence-electron chi connectivity index (χ0n) is 11.2. The molecule has 0 aliphatic heterocycles. The largest absolute Gasteiger partial charge is 0.304 e. The number of rotatable bonds is 5. The standard InChI is InChI=1S/C13H15FN2O4S/c14-12-8-11(6-7-13(12)16(17)18)21(19,20)15-9-10-4-2-1-3-5-10/h1-2,6-8,10,15H,3-5,9H2. The van der Waals surface area contributed by atoms with Gasteiger partial charge in [-0.3, -0.25) is 10.1 Å². The molecule has 1 unspecified atom stereocenters. The van der Waals surface area contributed by atoms with Crippen LogP contribution in [0, 0.1) is 21.8 Å². The lowest BCUT2D eigenvalue weighted by atomic mass is 9.95. The van der Waals surface area contributed by atoms with Crippen LogP contribution < -0.4 is 4.72 Å². The molecule has 0 radical (unpaired) electrons. The number of benzene rings is 1. The van der Waals surface area contributed by atoms with E-state index in [1.165, 1.54) is 0 Å². The van der Waals surface area contributed by atoms with Crippen LogP contribution in [0.25, 0.3) is 0 Å². The van der Waals surface area contributed by atoms with E-state index in [-0.39, 0.29) is 17.4 Å². The van der Waals surface area contributed by atoms with E-state index in [0.717, 1.165) is 31.4 Å². The molecule has 1 aliphatic rings. The zero-order valence-corrected chi connectivity index (χ0v) is 12.0. The van der Waals surface area contributed by atoms with Crippen molar-refractivity contribution in [1.29, 1.82) is 0 Å². The number of allylic oxidation sites excluding steroid dienone is 2. The topological polar surface area (TPSA) is 89.3 Å². The van der Waals surface area contributed by atoms with Crippen molar-refractivity contribution in [2.45, 2.75) is 24.2 Å². The lowest BCUT2D eigenvalue weighted by Gasteiger charge is -2.18. The van der Waals surface area contributed by atoms with E-state index >= 15 is 0 Å². The van der Waals surface area contributed by atoms with Gasteiger partial charge in [-0.15, -0.1) is 0 Å². The first-order valence-corrected chi connectivity index (χ1v) is 7.97. The number of nitro groups is 1. The van der Waals surface area contributed by atoms with Gasteiger partial charge in [-0.1, -0.05) is 12.2 Å². The fraction of sp³-hybridized carbons (Fsp3) is 0.385. The van der Waals surface area contributed by atoms with Crippen LogP contribution in [0.15, 0.2) is 35.2 Å². The van der Waals surface area contributed by atoms with Crippen LogP contribution in [0.3, 0.4) is 0 Å². The van der Waals surface area contributed by atoms with Crippen molar-refractivity contribution in [2.24, 2.45) is 5.92 Å². The van der Waals surface area contributed by atoms with Crippen LogP contribution in [0.1, 0.15) is 19.3 Å². The molecular weight excluding hydrogens is 299 g/mol. The van der Waals surface area contributed by atoms with Gasteiger partial charge in [0.25, 0.3) is 0 Å². The van der Waals surface area contributed by atoms with E-state index in [9.17, 15) is 22.9 Å². The van der Waals surface area contributed by atoms with Gasteiger partial charge < -0.3 is 0 Å². The highest BCUT2D eigenvalue weighted by Gasteiger charge is 2.21. The highest BCUT2D eigenvalue weighted by molar-refractivity contribution is 7.89. The highest BCUT2D eigenvalue weighted by Crippen LogP contribution is 2.22. The summed E-state index contributed by atoms with van der Waals surface area (Å²) in [4.78, 5) is 9.31. The molecule has 2 rings (SSSR count). The predicted octanol–water partition coefficient (Wildman–Crippen LogP) is 2.37. The Labute approximate surface area is 121 Å². The predicted molar refractivity (Wildman–Crippen MR) is 74.7 cm³/mol. The Bertz CT molecular complexity index is 673. The molecule has 1 atom stereocenters. The maximum Gasteiger partial charge on any atom is 0.304 e. The second-order valence-corrected chi connectivity index (χ2v) is 6.64. The Morgan fingerprint density at radius 3 is 2.71 bits per heavy atom. The van der Waals surface area contributed by atoms with Crippen LogP contribution in [0.5, 0.6) is 0 Å². The van der Waals surface area contributed by atoms with E-state index in [4.69, 9.17) is 0 Å². The van der Waals surface area contributed by atoms with Gasteiger partial charge in [0.1, 0.15) is 0 Å². The lowest BCUT2D eigenvalue weighted by molar-refractivity contribution is -0.387. The first-order valence-electron chi connectivity index (χ1n) is 6.49. The molecule has 0 heterocycles. The molecule has 0 spiro atoms. The number of hydrogen-bond acceptors (Lipinski definition) is 4. The third kappa shape index (κ3) is 3.85. The molecule has 0 amide bonds. The zero-order chi connectivity index (χ0) is 15.5. The van der Waals surface area contributed by atoms with E-state index in [1.807, 2.05) is 6.08 Å². The summed E-state index contributed by atoms with van der Waals surface area (Å²) in [5.41, 5.74) is -0.744. The molecule has 1 aromatic rings. The van der Waals surface area contributed by atoms with Crippen LogP contribution in [0.4, 0.5) is 10.1 Å². The SMILES string of the molecule is O=[N+]([O-])c1ccc(S(=O)(=O)NCC2CC=CCC2)cc1F. The van der Waals surface area contributed by atoms with Crippen molar-refractivity contribution in [3.8, 4) is 0 Å². The quantitative estimate of drug-likeness (QED) is 0.513. The maximum absolute atomic E-state index is 13.5. The molecule has 0 aromatic heterocycles. The van der Waals surface area contributed by atoms with Gasteiger partial charge in [0, 0.05) is 18.7 Å². The molecule has 1 aliphatic carbocycles. The van der Waals surface area contributed by atoms with E-state index in [0.29, 0.717) is 6.07 Å². The molecular formula is C13H15FN2O4S. The summed E-state index contributed by atoms with van der Waals surface area (Å²) in [6, 6.07) is 2.55. The third-order valence-corrected chi connectivity index (χ3v) is 4.79. The number of nitro benzene ring substituents is 1. The number of sulfonamides is 1. The van der Waals surface area contributed by atoms with E-state index in [2.05, 4.69) is 10.8 Å². The molecule has 21 heavy (non-hydrogen) atoms. The van der Waals surface area contributed by atoms with Crippen molar-refractivity contribution in [1.82, 2.24) is 4.72 Å². The fourth-order valence-corrected chi connectivity index (χ4v) is 3.28. The Morgan fingerprint density at radius 2 is 2.14 bits per heavy atom. The van der Waals surface area contributed by atoms with Crippen molar-refractivity contribution in [2.75, 3.05) is 6.54 Å². The van der Waals surface area contributed by atoms with Crippen molar-refractivity contribution in [3.05, 3.63) is 46.3 Å². The summed E-state index contributed by atoms with van der Waals surface area (Å²) < 4.78 is 40.0. The summed E-state index contributed by atoms with van der Waals surface area (Å²) in [6.07, 6.45) is 6.67. The first kappa shape index (κ1) is 15.6. The Balaban J connectivity index is 2.10. The Hall–Kier alpha value is -1.80. The molecule has 6 nitrogen and oxygen atoms in total. The molecule has 8 heteroatoms. The summed E-state index contributed by atoms with van der Waals surface area (Å²) in [5, 5.41) is 10.5. The van der Waals surface area contributed by atoms with Gasteiger partial charge in [0.2, 0.25) is 15.8 Å². The van der Waals surface area contributed by atoms with Crippen LogP contribution in [-0.2, 0) is 10.0 Å². The number of nitrogens with zero attached hydrogens (tertiary/aromatic N) is 1. The van der Waals surface area contributed by atoms with Gasteiger partial charge in [-0.25, -0.2) is 13.1 Å². The van der Waals surface area contributed by atoms with Crippen molar-refractivity contribution in [3.63, 3.8) is 0 Å². The number of halogens is 1. The average Bonchev–Trinajstić information content (AvgIpc) is 2.46. The maximum atomic E-state index is 13.5. The second-order valence-electron chi connectivity index (χ2n) is 4.87. The van der Waals surface area contributed by atoms with Crippen molar-refractivity contribution >= 4 is 15.7 Å². The monoisotopic (exact) mass is 314 g/mol. The number of hydrogen-bond donors (Lipinski definition) is 1. The second kappa shape index (κ2) is 6.31. The normalized spacial score (nSPS) is 18.6. The Kier molecular flexibility index (Phi) is 4.69. The van der Waals surface area contributed by atoms with E-state index < -0.39 is 26.5 Å². The van der Waals surface area contributed by atoms with Crippen LogP contribution >= 0.6 is 0 Å². The first-order chi connectivity index (χ1) is 9.90. The fourth-order valence-electron chi connectivity index (χ4n) is 2.16. The third-order valence-electron chi connectivity index (χ3n) is 3.37. The van der Waals surface area contributed by atoms with Gasteiger partial charge in [-0.2, -0.15) is 4.39 Å². The molecule has 0 fully saturated rings. The van der Waals surface area contributed by atoms with E-state index in [1.54, 1.807) is 0 Å². The van der Waals surface area contributed by atoms with Crippen molar-refractivity contribution < 1.29 is 17.7 Å². The summed E-state index contributed by atoms with van der Waals surface area (Å²) in [6.45, 7) is 0.269. The molecule has 0 saturated carbocycles. The van der Waals surface area contributed by atoms with Gasteiger partial charge >= 0.3 is 5.69 Å². The molecule has 0 bridgehead atoms. The summed E-state index contributed by atoms with van der Waals surface area (Å²) in [7, 11) is -3.86. The number of nitrogens with one attached hydrogen (secondary N) is 1. The molecule has 0 saturated heterocycles. The highest BCUT2D eigenvalue weighted by atomic mass is 32.2. The summed E-state index contributed by atoms with van der Waals surface area (Å²) in [5.74, 6) is -0.948. The minimum Gasteiger partial charge on any atom is -0.258 e. The van der Waals surface area contributed by atoms with Crippen LogP contribution in [-0.4, -0.2) is 19.9 Å². The summed E-state index contributed by atoms with van der Waals surface area (Å²) >= 11 is 0. The van der Waals surface area contributed by atoms with Gasteiger partial charge in [-0.05, 0) is 31.2 Å². The average molecular weight is 314 g/mol. The molecule has 1 N–H and O–H groups in total. The van der Waals surface area contributed by atoms with Crippen LogP contribution in [0.2, 0.25) is 0 Å². The molecule has 1 aromatic carbocycles. The smallest absolute Gasteiger partial charge is 0.258 e. The Morgan fingerprint density at radius 1 is 1.38 bits per heavy atom. The van der Waals surface area contributed by atoms with Gasteiger partial charge in [0.05, 0.1) is 9.82 Å². The lowest BCUT2D eigenvalue weighted by Crippen LogP contribution is -2.29. The molecule has 114 valence electrons. The minimum atomic E-state index is -3.86.